The van der Waals surface area contributed by atoms with Gasteiger partial charge in [0.2, 0.25) is 12.7 Å². The van der Waals surface area contributed by atoms with E-state index in [1.165, 1.54) is 0 Å². The Labute approximate surface area is 170 Å². The van der Waals surface area contributed by atoms with Crippen LogP contribution in [0.3, 0.4) is 0 Å². The van der Waals surface area contributed by atoms with E-state index in [4.69, 9.17) is 9.47 Å². The highest BCUT2D eigenvalue weighted by molar-refractivity contribution is 5.89. The summed E-state index contributed by atoms with van der Waals surface area (Å²) >= 11 is 0. The third-order valence-corrected chi connectivity index (χ3v) is 5.23. The van der Waals surface area contributed by atoms with Gasteiger partial charge in [0.25, 0.3) is 0 Å². The molecular formula is C22H25N3O4. The second-order valence-electron chi connectivity index (χ2n) is 7.38. The first-order chi connectivity index (χ1) is 14.1. The summed E-state index contributed by atoms with van der Waals surface area (Å²) in [6, 6.07) is 13.2. The number of nitrogens with zero attached hydrogens (tertiary/aromatic N) is 2. The molecule has 0 atom stereocenters. The number of hydrogen-bond donors (Lipinski definition) is 1. The van der Waals surface area contributed by atoms with E-state index in [1.54, 1.807) is 4.90 Å². The first-order valence-electron chi connectivity index (χ1n) is 9.87. The number of hydrogen-bond acceptors (Lipinski definition) is 4. The van der Waals surface area contributed by atoms with E-state index in [-0.39, 0.29) is 18.7 Å². The molecule has 0 aliphatic carbocycles. The van der Waals surface area contributed by atoms with E-state index in [1.807, 2.05) is 54.3 Å². The number of anilines is 1. The predicted octanol–water partition coefficient (Wildman–Crippen LogP) is 3.03. The number of ether oxygens (including phenoxy) is 2. The van der Waals surface area contributed by atoms with Gasteiger partial charge < -0.3 is 24.6 Å². The molecule has 0 saturated carbocycles. The van der Waals surface area contributed by atoms with E-state index in [0.717, 1.165) is 23.2 Å². The third kappa shape index (κ3) is 4.62. The number of aryl methyl sites for hydroxylation is 1. The van der Waals surface area contributed by atoms with Crippen molar-refractivity contribution in [2.24, 2.45) is 0 Å². The summed E-state index contributed by atoms with van der Waals surface area (Å²) in [5.74, 6) is 1.46. The Morgan fingerprint density at radius 3 is 2.48 bits per heavy atom. The average Bonchev–Trinajstić information content (AvgIpc) is 3.03. The second kappa shape index (κ2) is 8.43. The highest BCUT2D eigenvalue weighted by Crippen LogP contribution is 2.32. The molecule has 2 aliphatic heterocycles. The summed E-state index contributed by atoms with van der Waals surface area (Å²) in [6.45, 7) is 4.56. The number of carbonyl (C=O) groups is 2. The van der Waals surface area contributed by atoms with Crippen LogP contribution in [-0.4, -0.2) is 54.7 Å². The zero-order valence-electron chi connectivity index (χ0n) is 16.5. The van der Waals surface area contributed by atoms with Crippen molar-refractivity contribution >= 4 is 17.6 Å². The molecule has 0 aromatic heterocycles. The van der Waals surface area contributed by atoms with Gasteiger partial charge in [-0.25, -0.2) is 4.79 Å². The molecule has 152 valence electrons. The number of benzene rings is 2. The van der Waals surface area contributed by atoms with Crippen LogP contribution >= 0.6 is 0 Å². The number of amides is 3. The molecule has 2 aromatic rings. The molecule has 3 amide bonds. The zero-order valence-corrected chi connectivity index (χ0v) is 16.5. The van der Waals surface area contributed by atoms with Crippen LogP contribution in [0.5, 0.6) is 11.5 Å². The van der Waals surface area contributed by atoms with Gasteiger partial charge in [0.1, 0.15) is 0 Å². The molecule has 0 unspecified atom stereocenters. The van der Waals surface area contributed by atoms with E-state index >= 15 is 0 Å². The van der Waals surface area contributed by atoms with Gasteiger partial charge in [-0.05, 0) is 43.2 Å². The lowest BCUT2D eigenvalue weighted by atomic mass is 10.1. The molecule has 2 aliphatic rings. The van der Waals surface area contributed by atoms with Gasteiger partial charge in [0.05, 0.1) is 6.42 Å². The van der Waals surface area contributed by atoms with E-state index < -0.39 is 0 Å². The van der Waals surface area contributed by atoms with Crippen molar-refractivity contribution in [3.63, 3.8) is 0 Å². The fourth-order valence-corrected chi connectivity index (χ4v) is 3.55. The van der Waals surface area contributed by atoms with Crippen LogP contribution in [0.25, 0.3) is 0 Å². The standard InChI is InChI=1S/C22H25N3O4/c1-16-3-6-18(7-4-16)23-22(27)25-10-2-9-24(11-12-25)21(26)14-17-5-8-19-20(13-17)29-15-28-19/h3-8,13H,2,9-12,14-15H2,1H3,(H,23,27). The lowest BCUT2D eigenvalue weighted by molar-refractivity contribution is -0.130. The maximum atomic E-state index is 12.8. The van der Waals surface area contributed by atoms with Crippen LogP contribution < -0.4 is 14.8 Å². The molecule has 7 nitrogen and oxygen atoms in total. The second-order valence-corrected chi connectivity index (χ2v) is 7.38. The van der Waals surface area contributed by atoms with Crippen LogP contribution in [0.1, 0.15) is 17.5 Å². The average molecular weight is 395 g/mol. The number of urea groups is 1. The normalized spacial score (nSPS) is 15.8. The van der Waals surface area contributed by atoms with Gasteiger partial charge in [-0.2, -0.15) is 0 Å². The Kier molecular flexibility index (Phi) is 5.55. The summed E-state index contributed by atoms with van der Waals surface area (Å²) in [6.07, 6.45) is 1.07. The van der Waals surface area contributed by atoms with Crippen LogP contribution in [0.15, 0.2) is 42.5 Å². The largest absolute Gasteiger partial charge is 0.454 e. The van der Waals surface area contributed by atoms with Gasteiger partial charge >= 0.3 is 6.03 Å². The maximum absolute atomic E-state index is 12.8. The smallest absolute Gasteiger partial charge is 0.321 e. The van der Waals surface area contributed by atoms with Crippen molar-refractivity contribution in [1.82, 2.24) is 9.80 Å². The van der Waals surface area contributed by atoms with Crippen LogP contribution in [0.4, 0.5) is 10.5 Å². The fraction of sp³-hybridized carbons (Fsp3) is 0.364. The number of fused-ring (bicyclic) bond motifs is 1. The molecule has 29 heavy (non-hydrogen) atoms. The lowest BCUT2D eigenvalue weighted by Gasteiger charge is -2.22. The van der Waals surface area contributed by atoms with E-state index in [9.17, 15) is 9.59 Å². The van der Waals surface area contributed by atoms with E-state index in [2.05, 4.69) is 5.32 Å². The zero-order chi connectivity index (χ0) is 20.2. The summed E-state index contributed by atoms with van der Waals surface area (Å²) in [5, 5.41) is 2.93. The fourth-order valence-electron chi connectivity index (χ4n) is 3.55. The third-order valence-electron chi connectivity index (χ3n) is 5.23. The molecule has 1 N–H and O–H groups in total. The molecule has 2 aromatic carbocycles. The Hall–Kier alpha value is -3.22. The minimum atomic E-state index is -0.126. The van der Waals surface area contributed by atoms with Crippen LogP contribution in [0.2, 0.25) is 0 Å². The Morgan fingerprint density at radius 1 is 0.931 bits per heavy atom. The van der Waals surface area contributed by atoms with Gasteiger partial charge in [0, 0.05) is 31.9 Å². The molecule has 0 spiro atoms. The maximum Gasteiger partial charge on any atom is 0.321 e. The van der Waals surface area contributed by atoms with Gasteiger partial charge in [-0.3, -0.25) is 4.79 Å². The molecular weight excluding hydrogens is 370 g/mol. The van der Waals surface area contributed by atoms with Crippen molar-refractivity contribution in [3.05, 3.63) is 53.6 Å². The van der Waals surface area contributed by atoms with Crippen LogP contribution in [-0.2, 0) is 11.2 Å². The molecule has 4 rings (SSSR count). The van der Waals surface area contributed by atoms with Gasteiger partial charge in [-0.1, -0.05) is 23.8 Å². The Morgan fingerprint density at radius 2 is 1.66 bits per heavy atom. The topological polar surface area (TPSA) is 71.1 Å². The quantitative estimate of drug-likeness (QED) is 0.867. The number of carbonyl (C=O) groups excluding carboxylic acids is 2. The highest BCUT2D eigenvalue weighted by atomic mass is 16.7. The minimum absolute atomic E-state index is 0.0599. The van der Waals surface area contributed by atoms with Crippen molar-refractivity contribution in [3.8, 4) is 11.5 Å². The van der Waals surface area contributed by atoms with Crippen molar-refractivity contribution in [2.75, 3.05) is 38.3 Å². The molecule has 1 fully saturated rings. The predicted molar refractivity (Wildman–Crippen MR) is 109 cm³/mol. The van der Waals surface area contributed by atoms with Crippen molar-refractivity contribution in [1.29, 1.82) is 0 Å². The number of rotatable bonds is 3. The molecule has 1 saturated heterocycles. The van der Waals surface area contributed by atoms with E-state index in [0.29, 0.717) is 44.1 Å². The monoisotopic (exact) mass is 395 g/mol. The summed E-state index contributed by atoms with van der Waals surface area (Å²) in [5.41, 5.74) is 2.83. The summed E-state index contributed by atoms with van der Waals surface area (Å²) < 4.78 is 10.7. The van der Waals surface area contributed by atoms with Crippen LogP contribution in [0, 0.1) is 6.92 Å². The Bertz CT molecular complexity index is 897. The van der Waals surface area contributed by atoms with Gasteiger partial charge in [-0.15, -0.1) is 0 Å². The summed E-state index contributed by atoms with van der Waals surface area (Å²) in [4.78, 5) is 28.9. The Balaban J connectivity index is 1.31. The first-order valence-corrected chi connectivity index (χ1v) is 9.87. The minimum Gasteiger partial charge on any atom is -0.454 e. The van der Waals surface area contributed by atoms with Crippen molar-refractivity contribution < 1.29 is 19.1 Å². The van der Waals surface area contributed by atoms with Gasteiger partial charge in [0.15, 0.2) is 11.5 Å². The molecule has 0 radical (unpaired) electrons. The molecule has 0 bridgehead atoms. The number of nitrogens with one attached hydrogen (secondary N) is 1. The summed E-state index contributed by atoms with van der Waals surface area (Å²) in [7, 11) is 0. The lowest BCUT2D eigenvalue weighted by Crippen LogP contribution is -2.39. The first kappa shape index (κ1) is 19.1. The highest BCUT2D eigenvalue weighted by Gasteiger charge is 2.23. The molecule has 2 heterocycles. The van der Waals surface area contributed by atoms with Crippen molar-refractivity contribution in [2.45, 2.75) is 19.8 Å². The molecule has 7 heteroatoms. The SMILES string of the molecule is Cc1ccc(NC(=O)N2CCCN(C(=O)Cc3ccc4c(c3)OCO4)CC2)cc1.